The van der Waals surface area contributed by atoms with Gasteiger partial charge in [-0.3, -0.25) is 24.9 Å². The predicted octanol–water partition coefficient (Wildman–Crippen LogP) is 5.02. The van der Waals surface area contributed by atoms with E-state index in [0.717, 1.165) is 48.1 Å². The minimum atomic E-state index is -1.05. The molecule has 10 heteroatoms. The van der Waals surface area contributed by atoms with Crippen molar-refractivity contribution in [2.75, 3.05) is 11.9 Å². The highest BCUT2D eigenvalue weighted by molar-refractivity contribution is 7.13. The standard InChI is InChI=1S/C28H32N4O5S/c1-28(2,26(35)30-27-29-14-16-38-27)32-18-21-9-8-20(17-23(21)25(32)34)19-10-12-22(13-11-19)37-15-6-4-3-5-7-24(33)31-36/h8-14,16-17,36H,3-7,15,18H2,1-2H3,(H,31,33)(H,29,30,35). The second-order valence-electron chi connectivity index (χ2n) is 9.69. The van der Waals surface area contributed by atoms with Crippen molar-refractivity contribution < 1.29 is 24.3 Å². The molecule has 1 aliphatic heterocycles. The molecular formula is C28H32N4O5S. The zero-order chi connectivity index (χ0) is 27.1. The van der Waals surface area contributed by atoms with Crippen LogP contribution >= 0.6 is 11.3 Å². The van der Waals surface area contributed by atoms with Gasteiger partial charge in [0.1, 0.15) is 11.3 Å². The van der Waals surface area contributed by atoms with Gasteiger partial charge in [-0.25, -0.2) is 10.5 Å². The van der Waals surface area contributed by atoms with Crippen LogP contribution in [0.1, 0.15) is 61.9 Å². The number of nitrogens with zero attached hydrogens (tertiary/aromatic N) is 2. The topological polar surface area (TPSA) is 121 Å². The van der Waals surface area contributed by atoms with Crippen molar-refractivity contribution in [3.8, 4) is 16.9 Å². The maximum atomic E-state index is 13.3. The fourth-order valence-corrected chi connectivity index (χ4v) is 4.84. The summed E-state index contributed by atoms with van der Waals surface area (Å²) in [7, 11) is 0. The van der Waals surface area contributed by atoms with Gasteiger partial charge in [-0.05, 0) is 61.6 Å². The summed E-state index contributed by atoms with van der Waals surface area (Å²) < 4.78 is 5.83. The zero-order valence-electron chi connectivity index (χ0n) is 21.5. The van der Waals surface area contributed by atoms with Crippen LogP contribution in [0.25, 0.3) is 11.1 Å². The molecular weight excluding hydrogens is 504 g/mol. The lowest BCUT2D eigenvalue weighted by Crippen LogP contribution is -2.52. The first-order chi connectivity index (χ1) is 18.3. The van der Waals surface area contributed by atoms with Gasteiger partial charge in [0, 0.05) is 30.1 Å². The number of hydrogen-bond donors (Lipinski definition) is 3. The molecule has 0 spiro atoms. The zero-order valence-corrected chi connectivity index (χ0v) is 22.3. The number of nitrogens with one attached hydrogen (secondary N) is 2. The van der Waals surface area contributed by atoms with E-state index in [1.807, 2.05) is 42.5 Å². The van der Waals surface area contributed by atoms with Gasteiger partial charge in [-0.1, -0.05) is 37.1 Å². The monoisotopic (exact) mass is 536 g/mol. The lowest BCUT2D eigenvalue weighted by atomic mass is 10.0. The van der Waals surface area contributed by atoms with Gasteiger partial charge in [0.15, 0.2) is 5.13 Å². The summed E-state index contributed by atoms with van der Waals surface area (Å²) in [6, 6.07) is 13.6. The molecule has 3 aromatic rings. The number of amides is 3. The molecule has 4 rings (SSSR count). The van der Waals surface area contributed by atoms with E-state index >= 15 is 0 Å². The Hall–Kier alpha value is -3.76. The minimum absolute atomic E-state index is 0.168. The fraction of sp³-hybridized carbons (Fsp3) is 0.357. The number of thiazole rings is 1. The Labute approximate surface area is 225 Å². The largest absolute Gasteiger partial charge is 0.494 e. The Balaban J connectivity index is 1.32. The minimum Gasteiger partial charge on any atom is -0.494 e. The van der Waals surface area contributed by atoms with Crippen LogP contribution in [-0.2, 0) is 16.1 Å². The van der Waals surface area contributed by atoms with Gasteiger partial charge in [0.2, 0.25) is 5.91 Å². The molecule has 3 N–H and O–H groups in total. The van der Waals surface area contributed by atoms with Crippen LogP contribution < -0.4 is 15.5 Å². The Morgan fingerprint density at radius 3 is 2.53 bits per heavy atom. The predicted molar refractivity (Wildman–Crippen MR) is 145 cm³/mol. The smallest absolute Gasteiger partial charge is 0.255 e. The molecule has 0 atom stereocenters. The van der Waals surface area contributed by atoms with E-state index in [0.29, 0.717) is 30.3 Å². The lowest BCUT2D eigenvalue weighted by Gasteiger charge is -2.33. The maximum absolute atomic E-state index is 13.3. The molecule has 2 aromatic carbocycles. The number of ether oxygens (including phenoxy) is 1. The van der Waals surface area contributed by atoms with Crippen molar-refractivity contribution in [3.63, 3.8) is 0 Å². The highest BCUT2D eigenvalue weighted by atomic mass is 32.1. The van der Waals surface area contributed by atoms with E-state index in [1.54, 1.807) is 35.8 Å². The van der Waals surface area contributed by atoms with Crippen molar-refractivity contribution in [1.29, 1.82) is 0 Å². The number of unbranched alkanes of at least 4 members (excludes halogenated alkanes) is 3. The third-order valence-corrected chi connectivity index (χ3v) is 7.36. The van der Waals surface area contributed by atoms with Crippen molar-refractivity contribution in [2.45, 2.75) is 58.0 Å². The summed E-state index contributed by atoms with van der Waals surface area (Å²) in [5, 5.41) is 13.6. The second-order valence-corrected chi connectivity index (χ2v) is 10.6. The molecule has 200 valence electrons. The van der Waals surface area contributed by atoms with Crippen LogP contribution in [0.15, 0.2) is 54.0 Å². The Morgan fingerprint density at radius 1 is 1.08 bits per heavy atom. The number of hydrogen-bond acceptors (Lipinski definition) is 7. The first-order valence-electron chi connectivity index (χ1n) is 12.6. The van der Waals surface area contributed by atoms with Crippen LogP contribution in [0, 0.1) is 0 Å². The first kappa shape index (κ1) is 27.3. The molecule has 2 heterocycles. The van der Waals surface area contributed by atoms with Crippen LogP contribution in [0.4, 0.5) is 5.13 Å². The van der Waals surface area contributed by atoms with Gasteiger partial charge < -0.3 is 9.64 Å². The van der Waals surface area contributed by atoms with Crippen LogP contribution in [0.5, 0.6) is 5.75 Å². The molecule has 0 aliphatic carbocycles. The molecule has 0 bridgehead atoms. The van der Waals surface area contributed by atoms with Gasteiger partial charge in [-0.2, -0.15) is 0 Å². The molecule has 0 saturated heterocycles. The molecule has 0 fully saturated rings. The quantitative estimate of drug-likeness (QED) is 0.170. The van der Waals surface area contributed by atoms with Gasteiger partial charge in [-0.15, -0.1) is 11.3 Å². The normalized spacial score (nSPS) is 12.8. The Bertz CT molecular complexity index is 1270. The van der Waals surface area contributed by atoms with Gasteiger partial charge in [0.05, 0.1) is 6.61 Å². The average Bonchev–Trinajstić information content (AvgIpc) is 3.56. The molecule has 38 heavy (non-hydrogen) atoms. The van der Waals surface area contributed by atoms with E-state index in [1.165, 1.54) is 11.3 Å². The number of hydroxylamine groups is 1. The van der Waals surface area contributed by atoms with Crippen molar-refractivity contribution >= 4 is 34.2 Å². The summed E-state index contributed by atoms with van der Waals surface area (Å²) in [5.41, 5.74) is 3.98. The summed E-state index contributed by atoms with van der Waals surface area (Å²) in [4.78, 5) is 43.0. The number of carbonyl (C=O) groups is 3. The van der Waals surface area contributed by atoms with Crippen LogP contribution in [-0.4, -0.2) is 45.0 Å². The van der Waals surface area contributed by atoms with Gasteiger partial charge >= 0.3 is 0 Å². The van der Waals surface area contributed by atoms with E-state index in [2.05, 4.69) is 10.3 Å². The van der Waals surface area contributed by atoms with E-state index < -0.39 is 5.54 Å². The SMILES string of the molecule is CC(C)(C(=O)Nc1nccs1)N1Cc2ccc(-c3ccc(OCCCCCCC(=O)NO)cc3)cc2C1=O. The van der Waals surface area contributed by atoms with E-state index in [9.17, 15) is 14.4 Å². The average molecular weight is 537 g/mol. The van der Waals surface area contributed by atoms with Crippen molar-refractivity contribution in [2.24, 2.45) is 0 Å². The molecule has 0 saturated carbocycles. The van der Waals surface area contributed by atoms with E-state index in [-0.39, 0.29) is 17.7 Å². The maximum Gasteiger partial charge on any atom is 0.255 e. The molecule has 1 aromatic heterocycles. The van der Waals surface area contributed by atoms with Crippen molar-refractivity contribution in [3.05, 3.63) is 65.2 Å². The van der Waals surface area contributed by atoms with Crippen LogP contribution in [0.2, 0.25) is 0 Å². The number of anilines is 1. The van der Waals surface area contributed by atoms with Gasteiger partial charge in [0.25, 0.3) is 11.8 Å². The number of rotatable bonds is 12. The van der Waals surface area contributed by atoms with E-state index in [4.69, 9.17) is 9.94 Å². The molecule has 0 radical (unpaired) electrons. The van der Waals surface area contributed by atoms with Crippen molar-refractivity contribution in [1.82, 2.24) is 15.4 Å². The highest BCUT2D eigenvalue weighted by Crippen LogP contribution is 2.33. The summed E-state index contributed by atoms with van der Waals surface area (Å²) in [5.74, 6) is -0.0355. The number of fused-ring (bicyclic) bond motifs is 1. The lowest BCUT2D eigenvalue weighted by molar-refractivity contribution is -0.129. The number of carbonyl (C=O) groups excluding carboxylic acids is 3. The third-order valence-electron chi connectivity index (χ3n) is 6.68. The highest BCUT2D eigenvalue weighted by Gasteiger charge is 2.42. The molecule has 3 amide bonds. The Kier molecular flexibility index (Phi) is 8.75. The Morgan fingerprint density at radius 2 is 1.82 bits per heavy atom. The number of aromatic nitrogens is 1. The third kappa shape index (κ3) is 6.38. The second kappa shape index (κ2) is 12.2. The summed E-state index contributed by atoms with van der Waals surface area (Å²) >= 11 is 1.33. The molecule has 1 aliphatic rings. The summed E-state index contributed by atoms with van der Waals surface area (Å²) in [6.07, 6.45) is 5.41. The molecule has 9 nitrogen and oxygen atoms in total. The summed E-state index contributed by atoms with van der Waals surface area (Å²) in [6.45, 7) is 4.44. The fourth-order valence-electron chi connectivity index (χ4n) is 4.32. The number of benzene rings is 2. The van der Waals surface area contributed by atoms with Crippen LogP contribution in [0.3, 0.4) is 0 Å². The first-order valence-corrected chi connectivity index (χ1v) is 13.5. The molecule has 0 unspecified atom stereocenters.